The van der Waals surface area contributed by atoms with Crippen molar-refractivity contribution in [2.75, 3.05) is 19.6 Å². The van der Waals surface area contributed by atoms with Crippen LogP contribution in [0.5, 0.6) is 0 Å². The van der Waals surface area contributed by atoms with Gasteiger partial charge in [0.1, 0.15) is 0 Å². The van der Waals surface area contributed by atoms with Gasteiger partial charge in [-0.05, 0) is 38.9 Å². The largest absolute Gasteiger partial charge is 0.328 e. The Balaban J connectivity index is 1.70. The Hall–Kier alpha value is -0.0800. The number of nitrogens with zero attached hydrogens (tertiary/aromatic N) is 1. The van der Waals surface area contributed by atoms with Crippen LogP contribution in [0.2, 0.25) is 0 Å². The summed E-state index contributed by atoms with van der Waals surface area (Å²) in [6, 6.07) is 0.475. The molecule has 0 saturated carbocycles. The third-order valence-corrected chi connectivity index (χ3v) is 5.46. The summed E-state index contributed by atoms with van der Waals surface area (Å²) in [5, 5.41) is 0. The number of piperidine rings is 1. The first kappa shape index (κ1) is 21.0. The molecule has 2 heteroatoms. The van der Waals surface area contributed by atoms with E-state index < -0.39 is 0 Å². The molecule has 138 valence electrons. The molecule has 0 amide bonds. The van der Waals surface area contributed by atoms with Gasteiger partial charge in [0.25, 0.3) is 0 Å². The molecule has 1 aliphatic rings. The van der Waals surface area contributed by atoms with Gasteiger partial charge in [0, 0.05) is 6.04 Å². The van der Waals surface area contributed by atoms with Crippen LogP contribution in [0.25, 0.3) is 0 Å². The Labute approximate surface area is 146 Å². The van der Waals surface area contributed by atoms with E-state index in [4.69, 9.17) is 5.73 Å². The SMILES string of the molecule is CCCCCCCCCCCCCCCCN1CCC(N)CC1. The summed E-state index contributed by atoms with van der Waals surface area (Å²) < 4.78 is 0. The smallest absolute Gasteiger partial charge is 0.00631 e. The molecule has 0 aliphatic carbocycles. The highest BCUT2D eigenvalue weighted by atomic mass is 15.1. The summed E-state index contributed by atoms with van der Waals surface area (Å²) in [6.45, 7) is 6.08. The zero-order chi connectivity index (χ0) is 16.6. The van der Waals surface area contributed by atoms with Crippen LogP contribution < -0.4 is 5.73 Å². The number of likely N-dealkylation sites (tertiary alicyclic amines) is 1. The van der Waals surface area contributed by atoms with Crippen molar-refractivity contribution in [1.82, 2.24) is 4.90 Å². The van der Waals surface area contributed by atoms with E-state index in [1.807, 2.05) is 0 Å². The van der Waals surface area contributed by atoms with Crippen molar-refractivity contribution in [2.24, 2.45) is 5.73 Å². The van der Waals surface area contributed by atoms with E-state index in [1.165, 1.54) is 122 Å². The molecule has 2 N–H and O–H groups in total. The van der Waals surface area contributed by atoms with E-state index in [1.54, 1.807) is 0 Å². The van der Waals surface area contributed by atoms with Crippen LogP contribution in [0.15, 0.2) is 0 Å². The van der Waals surface area contributed by atoms with E-state index in [0.717, 1.165) is 0 Å². The lowest BCUT2D eigenvalue weighted by Gasteiger charge is -2.29. The lowest BCUT2D eigenvalue weighted by atomic mass is 10.0. The molecule has 1 rings (SSSR count). The minimum atomic E-state index is 0.475. The molecule has 2 nitrogen and oxygen atoms in total. The van der Waals surface area contributed by atoms with Gasteiger partial charge in [-0.1, -0.05) is 90.4 Å². The number of hydrogen-bond donors (Lipinski definition) is 1. The minimum Gasteiger partial charge on any atom is -0.328 e. The normalized spacial score (nSPS) is 17.0. The molecule has 0 unspecified atom stereocenters. The standard InChI is InChI=1S/C21H44N2/c1-2-3-4-5-6-7-8-9-10-11-12-13-14-15-18-23-19-16-21(22)17-20-23/h21H,2-20,22H2,1H3. The van der Waals surface area contributed by atoms with Crippen molar-refractivity contribution < 1.29 is 0 Å². The highest BCUT2D eigenvalue weighted by molar-refractivity contribution is 4.73. The van der Waals surface area contributed by atoms with Crippen molar-refractivity contribution in [1.29, 1.82) is 0 Å². The van der Waals surface area contributed by atoms with Gasteiger partial charge in [-0.3, -0.25) is 0 Å². The average molecular weight is 325 g/mol. The summed E-state index contributed by atoms with van der Waals surface area (Å²) in [5.74, 6) is 0. The lowest BCUT2D eigenvalue weighted by Crippen LogP contribution is -2.39. The molecule has 0 radical (unpaired) electrons. The molecule has 0 spiro atoms. The van der Waals surface area contributed by atoms with Crippen molar-refractivity contribution in [2.45, 2.75) is 116 Å². The summed E-state index contributed by atoms with van der Waals surface area (Å²) in [6.07, 6.45) is 22.7. The van der Waals surface area contributed by atoms with E-state index in [0.29, 0.717) is 6.04 Å². The van der Waals surface area contributed by atoms with Gasteiger partial charge in [0.05, 0.1) is 0 Å². The van der Waals surface area contributed by atoms with E-state index in [9.17, 15) is 0 Å². The van der Waals surface area contributed by atoms with Gasteiger partial charge in [0.15, 0.2) is 0 Å². The topological polar surface area (TPSA) is 29.3 Å². The Morgan fingerprint density at radius 3 is 1.48 bits per heavy atom. The summed E-state index contributed by atoms with van der Waals surface area (Å²) in [7, 11) is 0. The fourth-order valence-corrected chi connectivity index (χ4v) is 3.71. The summed E-state index contributed by atoms with van der Waals surface area (Å²) in [4.78, 5) is 2.61. The molecule has 0 aromatic heterocycles. The molecule has 1 fully saturated rings. The van der Waals surface area contributed by atoms with Gasteiger partial charge < -0.3 is 10.6 Å². The fraction of sp³-hybridized carbons (Fsp3) is 1.00. The van der Waals surface area contributed by atoms with Crippen molar-refractivity contribution in [3.8, 4) is 0 Å². The summed E-state index contributed by atoms with van der Waals surface area (Å²) >= 11 is 0. The monoisotopic (exact) mass is 324 g/mol. The van der Waals surface area contributed by atoms with Crippen LogP contribution in [0.3, 0.4) is 0 Å². The lowest BCUT2D eigenvalue weighted by molar-refractivity contribution is 0.209. The molecule has 0 bridgehead atoms. The van der Waals surface area contributed by atoms with Gasteiger partial charge in [0.2, 0.25) is 0 Å². The van der Waals surface area contributed by atoms with E-state index >= 15 is 0 Å². The quantitative estimate of drug-likeness (QED) is 0.380. The fourth-order valence-electron chi connectivity index (χ4n) is 3.71. The highest BCUT2D eigenvalue weighted by Gasteiger charge is 2.14. The van der Waals surface area contributed by atoms with Gasteiger partial charge in [-0.15, -0.1) is 0 Å². The zero-order valence-electron chi connectivity index (χ0n) is 16.0. The second-order valence-electron chi connectivity index (χ2n) is 7.78. The van der Waals surface area contributed by atoms with Crippen molar-refractivity contribution in [3.63, 3.8) is 0 Å². The number of unbranched alkanes of at least 4 members (excludes halogenated alkanes) is 13. The van der Waals surface area contributed by atoms with Crippen molar-refractivity contribution in [3.05, 3.63) is 0 Å². The van der Waals surface area contributed by atoms with Gasteiger partial charge in [-0.25, -0.2) is 0 Å². The molecule has 1 saturated heterocycles. The number of rotatable bonds is 15. The van der Waals surface area contributed by atoms with Crippen LogP contribution in [-0.4, -0.2) is 30.6 Å². The predicted molar refractivity (Wildman–Crippen MR) is 104 cm³/mol. The number of hydrogen-bond acceptors (Lipinski definition) is 2. The molecule has 0 atom stereocenters. The Morgan fingerprint density at radius 2 is 1.04 bits per heavy atom. The van der Waals surface area contributed by atoms with Crippen LogP contribution in [0, 0.1) is 0 Å². The second-order valence-corrected chi connectivity index (χ2v) is 7.78. The highest BCUT2D eigenvalue weighted by Crippen LogP contribution is 2.14. The Morgan fingerprint density at radius 1 is 0.652 bits per heavy atom. The molecule has 0 aromatic carbocycles. The Kier molecular flexibility index (Phi) is 14.1. The first-order valence-electron chi connectivity index (χ1n) is 10.8. The van der Waals surface area contributed by atoms with Gasteiger partial charge >= 0.3 is 0 Å². The van der Waals surface area contributed by atoms with Crippen LogP contribution in [0.1, 0.15) is 110 Å². The third kappa shape index (κ3) is 12.9. The first-order valence-corrected chi connectivity index (χ1v) is 10.8. The van der Waals surface area contributed by atoms with Gasteiger partial charge in [-0.2, -0.15) is 0 Å². The first-order chi connectivity index (χ1) is 11.3. The Bertz CT molecular complexity index is 234. The number of nitrogens with two attached hydrogens (primary N) is 1. The maximum atomic E-state index is 5.95. The maximum absolute atomic E-state index is 5.95. The average Bonchev–Trinajstić information content (AvgIpc) is 2.57. The molecular weight excluding hydrogens is 280 g/mol. The molecular formula is C21H44N2. The zero-order valence-corrected chi connectivity index (χ0v) is 16.0. The summed E-state index contributed by atoms with van der Waals surface area (Å²) in [5.41, 5.74) is 5.95. The third-order valence-electron chi connectivity index (χ3n) is 5.46. The van der Waals surface area contributed by atoms with Crippen LogP contribution >= 0.6 is 0 Å². The van der Waals surface area contributed by atoms with Crippen LogP contribution in [-0.2, 0) is 0 Å². The van der Waals surface area contributed by atoms with Crippen LogP contribution in [0.4, 0.5) is 0 Å². The van der Waals surface area contributed by atoms with E-state index in [2.05, 4.69) is 11.8 Å². The second kappa shape index (κ2) is 15.4. The molecule has 1 aliphatic heterocycles. The maximum Gasteiger partial charge on any atom is 0.00631 e. The molecule has 23 heavy (non-hydrogen) atoms. The van der Waals surface area contributed by atoms with Crippen molar-refractivity contribution >= 4 is 0 Å². The minimum absolute atomic E-state index is 0.475. The predicted octanol–water partition coefficient (Wildman–Crippen LogP) is 5.89. The van der Waals surface area contributed by atoms with E-state index in [-0.39, 0.29) is 0 Å². The molecule has 1 heterocycles. The molecule has 0 aromatic rings.